The number of carboxylic acids is 1. The summed E-state index contributed by atoms with van der Waals surface area (Å²) in [6, 6.07) is 9.26. The first-order valence-corrected chi connectivity index (χ1v) is 8.42. The van der Waals surface area contributed by atoms with Crippen molar-refractivity contribution >= 4 is 17.6 Å². The van der Waals surface area contributed by atoms with Crippen molar-refractivity contribution in [1.29, 1.82) is 0 Å². The summed E-state index contributed by atoms with van der Waals surface area (Å²) in [7, 11) is 0. The number of piperidine rings is 1. The molecule has 1 aliphatic rings. The van der Waals surface area contributed by atoms with Crippen LogP contribution in [0.25, 0.3) is 0 Å². The molecule has 0 aliphatic carbocycles. The number of aromatic nitrogens is 1. The number of hydrogen-bond donors (Lipinski definition) is 2. The molecule has 2 atom stereocenters. The fourth-order valence-electron chi connectivity index (χ4n) is 3.21. The number of amides is 1. The summed E-state index contributed by atoms with van der Waals surface area (Å²) in [6.45, 7) is 1.43. The van der Waals surface area contributed by atoms with Gasteiger partial charge in [0.2, 0.25) is 5.91 Å². The van der Waals surface area contributed by atoms with E-state index in [0.717, 1.165) is 5.56 Å². The summed E-state index contributed by atoms with van der Waals surface area (Å²) in [6.07, 6.45) is 3.66. The van der Waals surface area contributed by atoms with Crippen LogP contribution in [0.15, 0.2) is 48.8 Å². The molecular formula is C19H20FN3O3. The van der Waals surface area contributed by atoms with Crippen molar-refractivity contribution < 1.29 is 19.1 Å². The SMILES string of the molecule is O=C(O)[C@H]1C[C@@H](C(=O)Nc2ccc(F)cc2)CN(Cc2ccncc2)C1. The summed E-state index contributed by atoms with van der Waals surface area (Å²) in [5.41, 5.74) is 1.51. The van der Waals surface area contributed by atoms with E-state index in [4.69, 9.17) is 0 Å². The molecule has 1 aliphatic heterocycles. The van der Waals surface area contributed by atoms with Crippen LogP contribution in [-0.2, 0) is 16.1 Å². The van der Waals surface area contributed by atoms with Gasteiger partial charge in [-0.15, -0.1) is 0 Å². The van der Waals surface area contributed by atoms with Crippen LogP contribution in [0.4, 0.5) is 10.1 Å². The zero-order valence-corrected chi connectivity index (χ0v) is 14.1. The molecular weight excluding hydrogens is 337 g/mol. The third-order valence-electron chi connectivity index (χ3n) is 4.51. The van der Waals surface area contributed by atoms with Crippen LogP contribution in [0.3, 0.4) is 0 Å². The van der Waals surface area contributed by atoms with Crippen LogP contribution in [0.5, 0.6) is 0 Å². The smallest absolute Gasteiger partial charge is 0.307 e. The Balaban J connectivity index is 1.69. The molecule has 0 bridgehead atoms. The number of nitrogens with zero attached hydrogens (tertiary/aromatic N) is 2. The van der Waals surface area contributed by atoms with Gasteiger partial charge in [-0.05, 0) is 48.4 Å². The van der Waals surface area contributed by atoms with E-state index in [0.29, 0.717) is 25.3 Å². The maximum absolute atomic E-state index is 13.0. The number of rotatable bonds is 5. The van der Waals surface area contributed by atoms with E-state index in [2.05, 4.69) is 10.3 Å². The number of benzene rings is 1. The highest BCUT2D eigenvalue weighted by Gasteiger charge is 2.35. The second-order valence-electron chi connectivity index (χ2n) is 6.51. The van der Waals surface area contributed by atoms with Crippen molar-refractivity contribution in [3.8, 4) is 0 Å². The van der Waals surface area contributed by atoms with Crippen molar-refractivity contribution in [2.24, 2.45) is 11.8 Å². The average Bonchev–Trinajstić information content (AvgIpc) is 2.64. The maximum Gasteiger partial charge on any atom is 0.307 e. The predicted octanol–water partition coefficient (Wildman–Crippen LogP) is 2.38. The second kappa shape index (κ2) is 8.05. The molecule has 3 rings (SSSR count). The van der Waals surface area contributed by atoms with Gasteiger partial charge < -0.3 is 10.4 Å². The van der Waals surface area contributed by atoms with Crippen molar-refractivity contribution in [2.45, 2.75) is 13.0 Å². The van der Waals surface area contributed by atoms with Crippen molar-refractivity contribution in [1.82, 2.24) is 9.88 Å². The number of carbonyl (C=O) groups is 2. The molecule has 2 N–H and O–H groups in total. The zero-order chi connectivity index (χ0) is 18.5. The van der Waals surface area contributed by atoms with Crippen molar-refractivity contribution in [2.75, 3.05) is 18.4 Å². The van der Waals surface area contributed by atoms with Gasteiger partial charge in [0.15, 0.2) is 0 Å². The monoisotopic (exact) mass is 357 g/mol. The lowest BCUT2D eigenvalue weighted by atomic mass is 9.88. The second-order valence-corrected chi connectivity index (χ2v) is 6.51. The third-order valence-corrected chi connectivity index (χ3v) is 4.51. The lowest BCUT2D eigenvalue weighted by molar-refractivity contribution is -0.145. The van der Waals surface area contributed by atoms with Gasteiger partial charge in [-0.3, -0.25) is 19.5 Å². The Bertz CT molecular complexity index is 767. The predicted molar refractivity (Wildman–Crippen MR) is 93.8 cm³/mol. The molecule has 1 saturated heterocycles. The summed E-state index contributed by atoms with van der Waals surface area (Å²) in [5, 5.41) is 12.2. The molecule has 1 aromatic heterocycles. The standard InChI is InChI=1S/C19H20FN3O3/c20-16-1-3-17(4-2-16)22-18(24)14-9-15(19(25)26)12-23(11-14)10-13-5-7-21-8-6-13/h1-8,14-15H,9-12H2,(H,22,24)(H,25,26)/t14-,15+/m1/s1. The van der Waals surface area contributed by atoms with Crippen molar-refractivity contribution in [3.05, 3.63) is 60.2 Å². The number of likely N-dealkylation sites (tertiary alicyclic amines) is 1. The number of hydrogen-bond acceptors (Lipinski definition) is 4. The highest BCUT2D eigenvalue weighted by Crippen LogP contribution is 2.25. The Morgan fingerprint density at radius 3 is 2.42 bits per heavy atom. The Morgan fingerprint density at radius 2 is 1.77 bits per heavy atom. The summed E-state index contributed by atoms with van der Waals surface area (Å²) in [5.74, 6) is -2.58. The quantitative estimate of drug-likeness (QED) is 0.859. The molecule has 7 heteroatoms. The molecule has 1 amide bonds. The average molecular weight is 357 g/mol. The third kappa shape index (κ3) is 4.64. The van der Waals surface area contributed by atoms with Crippen LogP contribution >= 0.6 is 0 Å². The van der Waals surface area contributed by atoms with E-state index < -0.39 is 17.8 Å². The number of pyridine rings is 1. The van der Waals surface area contributed by atoms with Gasteiger partial charge in [-0.2, -0.15) is 0 Å². The van der Waals surface area contributed by atoms with Gasteiger partial charge >= 0.3 is 5.97 Å². The van der Waals surface area contributed by atoms with Crippen LogP contribution in [0, 0.1) is 17.7 Å². The molecule has 26 heavy (non-hydrogen) atoms. The molecule has 1 aromatic carbocycles. The minimum Gasteiger partial charge on any atom is -0.481 e. The summed E-state index contributed by atoms with van der Waals surface area (Å²) < 4.78 is 13.0. The number of aliphatic carboxylic acids is 1. The lowest BCUT2D eigenvalue weighted by Gasteiger charge is -2.35. The minimum absolute atomic E-state index is 0.248. The number of halogens is 1. The van der Waals surface area contributed by atoms with Gasteiger partial charge in [0.1, 0.15) is 5.82 Å². The van der Waals surface area contributed by atoms with Gasteiger partial charge in [-0.1, -0.05) is 0 Å². The molecule has 2 aromatic rings. The Morgan fingerprint density at radius 1 is 1.12 bits per heavy atom. The van der Waals surface area contributed by atoms with Gasteiger partial charge in [0, 0.05) is 37.7 Å². The normalized spacial score (nSPS) is 20.5. The van der Waals surface area contributed by atoms with E-state index in [1.165, 1.54) is 24.3 Å². The summed E-state index contributed by atoms with van der Waals surface area (Å²) in [4.78, 5) is 30.0. The highest BCUT2D eigenvalue weighted by molar-refractivity contribution is 5.93. The first kappa shape index (κ1) is 18.0. The van der Waals surface area contributed by atoms with Gasteiger partial charge in [0.25, 0.3) is 0 Å². The Labute approximate surface area is 150 Å². The summed E-state index contributed by atoms with van der Waals surface area (Å²) >= 11 is 0. The Hall–Kier alpha value is -2.80. The molecule has 0 saturated carbocycles. The van der Waals surface area contributed by atoms with Gasteiger partial charge in [0.05, 0.1) is 11.8 Å². The fourth-order valence-corrected chi connectivity index (χ4v) is 3.21. The first-order chi connectivity index (χ1) is 12.5. The lowest BCUT2D eigenvalue weighted by Crippen LogP contribution is -2.46. The van der Waals surface area contributed by atoms with Gasteiger partial charge in [-0.25, -0.2) is 4.39 Å². The van der Waals surface area contributed by atoms with Crippen molar-refractivity contribution in [3.63, 3.8) is 0 Å². The van der Waals surface area contributed by atoms with E-state index >= 15 is 0 Å². The van der Waals surface area contributed by atoms with E-state index in [1.54, 1.807) is 12.4 Å². The highest BCUT2D eigenvalue weighted by atomic mass is 19.1. The van der Waals surface area contributed by atoms with Crippen LogP contribution < -0.4 is 5.32 Å². The molecule has 6 nitrogen and oxygen atoms in total. The molecule has 136 valence electrons. The fraction of sp³-hybridized carbons (Fsp3) is 0.316. The number of carboxylic acid groups (broad SMARTS) is 1. The molecule has 1 fully saturated rings. The van der Waals surface area contributed by atoms with E-state index in [1.807, 2.05) is 17.0 Å². The number of anilines is 1. The molecule has 0 radical (unpaired) electrons. The number of carbonyl (C=O) groups excluding carboxylic acids is 1. The number of nitrogens with one attached hydrogen (secondary N) is 1. The molecule has 2 heterocycles. The minimum atomic E-state index is -0.899. The topological polar surface area (TPSA) is 82.5 Å². The molecule has 0 spiro atoms. The van der Waals surface area contributed by atoms with E-state index in [9.17, 15) is 19.1 Å². The maximum atomic E-state index is 13.0. The largest absolute Gasteiger partial charge is 0.481 e. The van der Waals surface area contributed by atoms with E-state index in [-0.39, 0.29) is 18.1 Å². The first-order valence-electron chi connectivity index (χ1n) is 8.42. The molecule has 0 unspecified atom stereocenters. The zero-order valence-electron chi connectivity index (χ0n) is 14.1. The van der Waals surface area contributed by atoms with Crippen LogP contribution in [-0.4, -0.2) is 40.0 Å². The van der Waals surface area contributed by atoms with Crippen LogP contribution in [0.1, 0.15) is 12.0 Å². The van der Waals surface area contributed by atoms with Crippen LogP contribution in [0.2, 0.25) is 0 Å². The Kier molecular flexibility index (Phi) is 5.58.